The number of nitrogens with two attached hydrogens (primary N) is 1. The van der Waals surface area contributed by atoms with Crippen LogP contribution in [0.3, 0.4) is 0 Å². The van der Waals surface area contributed by atoms with Crippen LogP contribution in [0.15, 0.2) is 24.5 Å². The summed E-state index contributed by atoms with van der Waals surface area (Å²) in [5.41, 5.74) is 8.98. The van der Waals surface area contributed by atoms with Gasteiger partial charge in [0, 0.05) is 36.4 Å². The summed E-state index contributed by atoms with van der Waals surface area (Å²) < 4.78 is 0. The number of likely N-dealkylation sites (N-methyl/N-ethyl adjacent to an activating group) is 1. The quantitative estimate of drug-likeness (QED) is 0.755. The second kappa shape index (κ2) is 4.84. The predicted molar refractivity (Wildman–Crippen MR) is 90.1 cm³/mol. The van der Waals surface area contributed by atoms with E-state index in [9.17, 15) is 0 Å². The molecule has 6 nitrogen and oxygen atoms in total. The Kier molecular flexibility index (Phi) is 2.94. The van der Waals surface area contributed by atoms with E-state index in [1.807, 2.05) is 12.3 Å². The van der Waals surface area contributed by atoms with E-state index >= 15 is 0 Å². The zero-order valence-electron chi connectivity index (χ0n) is 12.9. The largest absolute Gasteiger partial charge is 0.384 e. The number of fused-ring (bicyclic) bond motifs is 3. The number of nitrogens with one attached hydrogen (secondary N) is 1. The second-order valence-electron chi connectivity index (χ2n) is 6.19. The lowest BCUT2D eigenvalue weighted by molar-refractivity contribution is 0.315. The number of rotatable bonds is 2. The first-order valence-corrected chi connectivity index (χ1v) is 7.57. The number of H-pyrrole nitrogens is 1. The maximum atomic E-state index is 5.87. The number of pyridine rings is 2. The van der Waals surface area contributed by atoms with Crippen molar-refractivity contribution in [3.05, 3.63) is 24.5 Å². The average molecular weight is 296 g/mol. The summed E-state index contributed by atoms with van der Waals surface area (Å²) in [6.07, 6.45) is 4.83. The van der Waals surface area contributed by atoms with Crippen LogP contribution in [0.2, 0.25) is 0 Å². The molecule has 4 heterocycles. The van der Waals surface area contributed by atoms with Crippen LogP contribution < -0.4 is 10.6 Å². The first kappa shape index (κ1) is 13.3. The fraction of sp³-hybridized carbons (Fsp3) is 0.375. The van der Waals surface area contributed by atoms with E-state index in [-0.39, 0.29) is 0 Å². The van der Waals surface area contributed by atoms with Crippen molar-refractivity contribution in [2.45, 2.75) is 12.5 Å². The molecule has 3 aromatic rings. The molecule has 1 aliphatic rings. The molecule has 1 atom stereocenters. The van der Waals surface area contributed by atoms with Crippen molar-refractivity contribution in [2.75, 3.05) is 37.8 Å². The van der Waals surface area contributed by atoms with Crippen LogP contribution in [0.4, 0.5) is 11.5 Å². The van der Waals surface area contributed by atoms with Gasteiger partial charge in [-0.25, -0.2) is 9.97 Å². The molecule has 0 aromatic carbocycles. The van der Waals surface area contributed by atoms with Gasteiger partial charge in [-0.2, -0.15) is 0 Å². The highest BCUT2D eigenvalue weighted by Crippen LogP contribution is 2.34. The van der Waals surface area contributed by atoms with E-state index in [0.717, 1.165) is 35.0 Å². The standard InChI is InChI=1S/C16H20N6/c1-21(2)10-4-6-22(9-10)13-3-5-18-16-15(13)11-7-14(17)19-8-12(11)20-16/h3,5,7-8,10H,4,6,9H2,1-2H3,(H2,17,19)(H,18,20)/t10-/m1/s1. The summed E-state index contributed by atoms with van der Waals surface area (Å²) >= 11 is 0. The Hall–Kier alpha value is -2.34. The number of hydrogen-bond donors (Lipinski definition) is 2. The fourth-order valence-corrected chi connectivity index (χ4v) is 3.36. The molecule has 0 aliphatic carbocycles. The van der Waals surface area contributed by atoms with Gasteiger partial charge in [0.05, 0.1) is 17.1 Å². The van der Waals surface area contributed by atoms with Crippen LogP contribution >= 0.6 is 0 Å². The number of nitrogen functional groups attached to an aromatic ring is 1. The first-order valence-electron chi connectivity index (χ1n) is 7.57. The lowest BCUT2D eigenvalue weighted by atomic mass is 10.2. The van der Waals surface area contributed by atoms with Crippen molar-refractivity contribution in [2.24, 2.45) is 0 Å². The molecular weight excluding hydrogens is 276 g/mol. The lowest BCUT2D eigenvalue weighted by Crippen LogP contribution is -2.31. The van der Waals surface area contributed by atoms with Gasteiger partial charge in [-0.15, -0.1) is 0 Å². The monoisotopic (exact) mass is 296 g/mol. The van der Waals surface area contributed by atoms with Crippen LogP contribution in [0.1, 0.15) is 6.42 Å². The van der Waals surface area contributed by atoms with Gasteiger partial charge in [-0.1, -0.05) is 0 Å². The van der Waals surface area contributed by atoms with Gasteiger partial charge >= 0.3 is 0 Å². The molecule has 4 rings (SSSR count). The third kappa shape index (κ3) is 1.99. The molecule has 0 amide bonds. The summed E-state index contributed by atoms with van der Waals surface area (Å²) in [4.78, 5) is 16.7. The van der Waals surface area contributed by atoms with E-state index < -0.39 is 0 Å². The Morgan fingerprint density at radius 2 is 2.23 bits per heavy atom. The molecule has 0 saturated carbocycles. The Balaban J connectivity index is 1.87. The van der Waals surface area contributed by atoms with Crippen LogP contribution in [0, 0.1) is 0 Å². The molecule has 1 fully saturated rings. The normalized spacial score (nSPS) is 18.9. The third-order valence-corrected chi connectivity index (χ3v) is 4.61. The lowest BCUT2D eigenvalue weighted by Gasteiger charge is -2.22. The van der Waals surface area contributed by atoms with Crippen molar-refractivity contribution in [1.82, 2.24) is 19.9 Å². The Morgan fingerprint density at radius 1 is 1.36 bits per heavy atom. The van der Waals surface area contributed by atoms with E-state index in [0.29, 0.717) is 11.9 Å². The van der Waals surface area contributed by atoms with Gasteiger partial charge in [0.2, 0.25) is 0 Å². The molecule has 3 aromatic heterocycles. The van der Waals surface area contributed by atoms with Crippen LogP contribution in [0.25, 0.3) is 21.9 Å². The summed E-state index contributed by atoms with van der Waals surface area (Å²) in [6, 6.07) is 4.63. The summed E-state index contributed by atoms with van der Waals surface area (Å²) in [6.45, 7) is 2.11. The van der Waals surface area contributed by atoms with Crippen molar-refractivity contribution >= 4 is 33.4 Å². The van der Waals surface area contributed by atoms with Gasteiger partial charge in [-0.05, 0) is 32.6 Å². The van der Waals surface area contributed by atoms with Crippen molar-refractivity contribution in [3.63, 3.8) is 0 Å². The van der Waals surface area contributed by atoms with Crippen LogP contribution in [0.5, 0.6) is 0 Å². The highest BCUT2D eigenvalue weighted by Gasteiger charge is 2.26. The summed E-state index contributed by atoms with van der Waals surface area (Å²) in [7, 11) is 4.29. The SMILES string of the molecule is CN(C)[C@@H]1CCN(c2ccnc3[nH]c4cnc(N)cc4c23)C1. The van der Waals surface area contributed by atoms with Crippen molar-refractivity contribution < 1.29 is 0 Å². The zero-order valence-corrected chi connectivity index (χ0v) is 12.9. The third-order valence-electron chi connectivity index (χ3n) is 4.61. The number of hydrogen-bond acceptors (Lipinski definition) is 5. The number of nitrogens with zero attached hydrogens (tertiary/aromatic N) is 4. The number of aromatic nitrogens is 3. The fourth-order valence-electron chi connectivity index (χ4n) is 3.36. The first-order chi connectivity index (χ1) is 10.6. The van der Waals surface area contributed by atoms with Gasteiger partial charge in [0.1, 0.15) is 11.5 Å². The molecule has 0 spiro atoms. The molecular formula is C16H20N6. The zero-order chi connectivity index (χ0) is 15.3. The minimum absolute atomic E-state index is 0.538. The Bertz CT molecular complexity index is 837. The summed E-state index contributed by atoms with van der Waals surface area (Å²) in [5, 5.41) is 2.24. The highest BCUT2D eigenvalue weighted by molar-refractivity contribution is 6.12. The minimum Gasteiger partial charge on any atom is -0.384 e. The number of aromatic amines is 1. The molecule has 6 heteroatoms. The molecule has 1 saturated heterocycles. The molecule has 114 valence electrons. The molecule has 0 bridgehead atoms. The summed E-state index contributed by atoms with van der Waals surface area (Å²) in [5.74, 6) is 0.538. The van der Waals surface area contributed by atoms with E-state index in [1.165, 1.54) is 12.1 Å². The van der Waals surface area contributed by atoms with E-state index in [4.69, 9.17) is 5.73 Å². The Labute approximate surface area is 128 Å². The average Bonchev–Trinajstić information content (AvgIpc) is 3.11. The molecule has 0 radical (unpaired) electrons. The van der Waals surface area contributed by atoms with Gasteiger partial charge in [0.15, 0.2) is 0 Å². The number of anilines is 2. The van der Waals surface area contributed by atoms with Crippen LogP contribution in [-0.2, 0) is 0 Å². The molecule has 3 N–H and O–H groups in total. The Morgan fingerprint density at radius 3 is 3.00 bits per heavy atom. The maximum absolute atomic E-state index is 5.87. The highest BCUT2D eigenvalue weighted by atomic mass is 15.2. The van der Waals surface area contributed by atoms with Crippen LogP contribution in [-0.4, -0.2) is 53.1 Å². The predicted octanol–water partition coefficient (Wildman–Crippen LogP) is 1.83. The van der Waals surface area contributed by atoms with Gasteiger partial charge in [0.25, 0.3) is 0 Å². The second-order valence-corrected chi connectivity index (χ2v) is 6.19. The topological polar surface area (TPSA) is 74.1 Å². The minimum atomic E-state index is 0.538. The van der Waals surface area contributed by atoms with Gasteiger partial charge < -0.3 is 20.5 Å². The van der Waals surface area contributed by atoms with E-state index in [2.05, 4.69) is 44.9 Å². The molecule has 1 aliphatic heterocycles. The van der Waals surface area contributed by atoms with Gasteiger partial charge in [-0.3, -0.25) is 0 Å². The molecule has 22 heavy (non-hydrogen) atoms. The smallest absolute Gasteiger partial charge is 0.140 e. The van der Waals surface area contributed by atoms with E-state index in [1.54, 1.807) is 6.20 Å². The van der Waals surface area contributed by atoms with Crippen molar-refractivity contribution in [1.29, 1.82) is 0 Å². The van der Waals surface area contributed by atoms with Crippen molar-refractivity contribution in [3.8, 4) is 0 Å². The molecule has 0 unspecified atom stereocenters. The maximum Gasteiger partial charge on any atom is 0.140 e.